The van der Waals surface area contributed by atoms with Gasteiger partial charge in [-0.3, -0.25) is 14.5 Å². The summed E-state index contributed by atoms with van der Waals surface area (Å²) in [4.78, 5) is 28.5. The number of hydrogen-bond acceptors (Lipinski definition) is 7. The van der Waals surface area contributed by atoms with Crippen molar-refractivity contribution in [2.24, 2.45) is 4.99 Å². The van der Waals surface area contributed by atoms with Crippen LogP contribution in [-0.2, 0) is 24.3 Å². The highest BCUT2D eigenvalue weighted by Crippen LogP contribution is 2.19. The first-order valence-corrected chi connectivity index (χ1v) is 12.9. The molecule has 0 radical (unpaired) electrons. The molecule has 0 aromatic heterocycles. The Labute approximate surface area is 205 Å². The van der Waals surface area contributed by atoms with E-state index in [2.05, 4.69) is 15.0 Å². The molecule has 186 valence electrons. The van der Waals surface area contributed by atoms with Crippen molar-refractivity contribution in [2.75, 3.05) is 25.1 Å². The van der Waals surface area contributed by atoms with Crippen LogP contribution in [0, 0.1) is 0 Å². The van der Waals surface area contributed by atoms with Gasteiger partial charge >= 0.3 is 5.97 Å². The number of carbonyl (C=O) groups excluding carboxylic acids is 2. The van der Waals surface area contributed by atoms with Gasteiger partial charge in [-0.25, -0.2) is 13.2 Å². The van der Waals surface area contributed by atoms with E-state index in [1.807, 2.05) is 19.1 Å². The first-order valence-electron chi connectivity index (χ1n) is 11.4. The SMILES string of the molecule is CCOc1ccccc1/C=C/C(=O)OCC(=O)Nc1cccc(S(=O)(=O)NC2=NCCCCC2)c1. The van der Waals surface area contributed by atoms with Crippen LogP contribution in [-0.4, -0.2) is 45.9 Å². The van der Waals surface area contributed by atoms with Crippen LogP contribution in [0.1, 0.15) is 38.2 Å². The minimum Gasteiger partial charge on any atom is -0.493 e. The molecule has 3 rings (SSSR count). The third kappa shape index (κ3) is 8.25. The number of para-hydroxylation sites is 1. The van der Waals surface area contributed by atoms with Gasteiger partial charge in [0.05, 0.1) is 11.5 Å². The van der Waals surface area contributed by atoms with E-state index in [9.17, 15) is 18.0 Å². The van der Waals surface area contributed by atoms with Gasteiger partial charge in [-0.2, -0.15) is 0 Å². The molecule has 0 atom stereocenters. The minimum atomic E-state index is -3.84. The monoisotopic (exact) mass is 499 g/mol. The Morgan fingerprint density at radius 1 is 1.09 bits per heavy atom. The fourth-order valence-electron chi connectivity index (χ4n) is 3.36. The second-order valence-electron chi connectivity index (χ2n) is 7.73. The standard InChI is InChI=1S/C25H29N3O6S/c1-2-33-22-12-6-5-9-19(22)14-15-25(30)34-18-24(29)27-20-10-8-11-21(17-20)35(31,32)28-23-13-4-3-7-16-26-23/h5-6,8-12,14-15,17H,2-4,7,13,16,18H2,1H3,(H,26,28)(H,27,29)/b15-14+. The number of sulfonamides is 1. The van der Waals surface area contributed by atoms with Gasteiger partial charge in [-0.05, 0) is 50.1 Å². The highest BCUT2D eigenvalue weighted by molar-refractivity contribution is 7.90. The molecule has 1 amide bonds. The normalized spacial score (nSPS) is 14.0. The molecule has 2 aromatic rings. The van der Waals surface area contributed by atoms with Crippen LogP contribution in [0.4, 0.5) is 5.69 Å². The number of hydrogen-bond donors (Lipinski definition) is 2. The molecule has 1 aliphatic heterocycles. The zero-order chi connectivity index (χ0) is 25.1. The lowest BCUT2D eigenvalue weighted by atomic mass is 10.2. The molecule has 35 heavy (non-hydrogen) atoms. The summed E-state index contributed by atoms with van der Waals surface area (Å²) in [6.45, 7) is 2.42. The number of rotatable bonds is 9. The third-order valence-electron chi connectivity index (χ3n) is 5.02. The molecule has 1 heterocycles. The van der Waals surface area contributed by atoms with E-state index in [0.717, 1.165) is 19.3 Å². The van der Waals surface area contributed by atoms with E-state index >= 15 is 0 Å². The molecule has 0 unspecified atom stereocenters. The number of ether oxygens (including phenoxy) is 2. The van der Waals surface area contributed by atoms with Gasteiger partial charge in [0.2, 0.25) is 0 Å². The van der Waals surface area contributed by atoms with Crippen molar-refractivity contribution in [1.82, 2.24) is 4.72 Å². The molecular formula is C25H29N3O6S. The van der Waals surface area contributed by atoms with Crippen LogP contribution >= 0.6 is 0 Å². The smallest absolute Gasteiger partial charge is 0.331 e. The largest absolute Gasteiger partial charge is 0.493 e. The van der Waals surface area contributed by atoms with E-state index in [1.54, 1.807) is 24.3 Å². The Bertz CT molecular complexity index is 1210. The second-order valence-corrected chi connectivity index (χ2v) is 9.41. The maximum absolute atomic E-state index is 12.7. The first-order chi connectivity index (χ1) is 16.9. The minimum absolute atomic E-state index is 0.00450. The van der Waals surface area contributed by atoms with Crippen LogP contribution in [0.5, 0.6) is 5.75 Å². The highest BCUT2D eigenvalue weighted by atomic mass is 32.2. The molecule has 1 aliphatic rings. The number of anilines is 1. The molecule has 10 heteroatoms. The summed E-state index contributed by atoms with van der Waals surface area (Å²) in [5, 5.41) is 2.54. The fourth-order valence-corrected chi connectivity index (χ4v) is 4.49. The second kappa shape index (κ2) is 12.7. The molecule has 2 aromatic carbocycles. The maximum Gasteiger partial charge on any atom is 0.331 e. The van der Waals surface area contributed by atoms with Gasteiger partial charge < -0.3 is 14.8 Å². The zero-order valence-corrected chi connectivity index (χ0v) is 20.3. The Morgan fingerprint density at radius 3 is 2.74 bits per heavy atom. The molecule has 0 saturated heterocycles. The lowest BCUT2D eigenvalue weighted by molar-refractivity contribution is -0.142. The number of esters is 1. The topological polar surface area (TPSA) is 123 Å². The number of nitrogens with one attached hydrogen (secondary N) is 2. The van der Waals surface area contributed by atoms with Gasteiger partial charge in [-0.15, -0.1) is 0 Å². The predicted molar refractivity (Wildman–Crippen MR) is 134 cm³/mol. The molecule has 0 fully saturated rings. The molecule has 0 bridgehead atoms. The Morgan fingerprint density at radius 2 is 1.91 bits per heavy atom. The number of nitrogens with zero attached hydrogens (tertiary/aromatic N) is 1. The van der Waals surface area contributed by atoms with Crippen molar-refractivity contribution < 1.29 is 27.5 Å². The summed E-state index contributed by atoms with van der Waals surface area (Å²) in [6, 6.07) is 13.1. The molecule has 0 spiro atoms. The third-order valence-corrected chi connectivity index (χ3v) is 6.40. The van der Waals surface area contributed by atoms with Gasteiger partial charge in [0, 0.05) is 30.3 Å². The van der Waals surface area contributed by atoms with E-state index in [4.69, 9.17) is 9.47 Å². The van der Waals surface area contributed by atoms with E-state index in [-0.39, 0.29) is 10.6 Å². The lowest BCUT2D eigenvalue weighted by Gasteiger charge is -2.11. The van der Waals surface area contributed by atoms with Crippen molar-refractivity contribution >= 4 is 39.5 Å². The van der Waals surface area contributed by atoms with Gasteiger partial charge in [0.15, 0.2) is 6.61 Å². The number of amidine groups is 1. The number of aliphatic imine (C=N–C) groups is 1. The van der Waals surface area contributed by atoms with Crippen LogP contribution < -0.4 is 14.8 Å². The molecule has 2 N–H and O–H groups in total. The molecule has 0 saturated carbocycles. The molecule has 0 aliphatic carbocycles. The van der Waals surface area contributed by atoms with E-state index in [1.165, 1.54) is 24.3 Å². The average Bonchev–Trinajstić information content (AvgIpc) is 3.11. The van der Waals surface area contributed by atoms with Crippen LogP contribution in [0.25, 0.3) is 6.08 Å². The fraction of sp³-hybridized carbons (Fsp3) is 0.320. The van der Waals surface area contributed by atoms with Gasteiger partial charge in [0.1, 0.15) is 11.6 Å². The summed E-state index contributed by atoms with van der Waals surface area (Å²) in [7, 11) is -3.84. The Balaban J connectivity index is 1.54. The van der Waals surface area contributed by atoms with Crippen LogP contribution in [0.3, 0.4) is 0 Å². The molecular weight excluding hydrogens is 470 g/mol. The first kappa shape index (κ1) is 26.0. The van der Waals surface area contributed by atoms with Gasteiger partial charge in [-0.1, -0.05) is 30.7 Å². The summed E-state index contributed by atoms with van der Waals surface area (Å²) in [6.07, 6.45) is 6.16. The van der Waals surface area contributed by atoms with Crippen LogP contribution in [0.2, 0.25) is 0 Å². The van der Waals surface area contributed by atoms with Crippen molar-refractivity contribution in [2.45, 2.75) is 37.5 Å². The van der Waals surface area contributed by atoms with Crippen molar-refractivity contribution in [3.8, 4) is 5.75 Å². The van der Waals surface area contributed by atoms with Crippen molar-refractivity contribution in [1.29, 1.82) is 0 Å². The Kier molecular flexibility index (Phi) is 9.42. The summed E-state index contributed by atoms with van der Waals surface area (Å²) < 4.78 is 38.5. The quantitative estimate of drug-likeness (QED) is 0.402. The summed E-state index contributed by atoms with van der Waals surface area (Å²) in [5.41, 5.74) is 0.968. The average molecular weight is 500 g/mol. The van der Waals surface area contributed by atoms with Crippen molar-refractivity contribution in [3.05, 3.63) is 60.2 Å². The summed E-state index contributed by atoms with van der Waals surface area (Å²) in [5.74, 6) is -0.221. The number of carbonyl (C=O) groups is 2. The summed E-state index contributed by atoms with van der Waals surface area (Å²) >= 11 is 0. The van der Waals surface area contributed by atoms with E-state index < -0.39 is 28.5 Å². The zero-order valence-electron chi connectivity index (χ0n) is 19.5. The molecule has 9 nitrogen and oxygen atoms in total. The maximum atomic E-state index is 12.7. The van der Waals surface area contributed by atoms with Gasteiger partial charge in [0.25, 0.3) is 15.9 Å². The van der Waals surface area contributed by atoms with Crippen molar-refractivity contribution in [3.63, 3.8) is 0 Å². The number of amides is 1. The van der Waals surface area contributed by atoms with E-state index in [0.29, 0.717) is 36.7 Å². The number of benzene rings is 2. The lowest BCUT2D eigenvalue weighted by Crippen LogP contribution is -2.30. The highest BCUT2D eigenvalue weighted by Gasteiger charge is 2.18. The Hall–Kier alpha value is -3.66. The van der Waals surface area contributed by atoms with Crippen LogP contribution in [0.15, 0.2) is 64.5 Å². The predicted octanol–water partition coefficient (Wildman–Crippen LogP) is 3.53.